The topological polar surface area (TPSA) is 67.9 Å². The summed E-state index contributed by atoms with van der Waals surface area (Å²) in [4.78, 5) is 29.9. The molecular formula is C32H35ClN2O4. The standard InChI is InChI=1S/C32H35ClN2O4/c1-2-17-38-25-11-8-22-18-26-32(34-27(37)12-7-20-5-9-23(33)10-6-20)14-13-24(36)30-31(32,28(22)29(25)39-30)15-16-35(26)19-21-3-4-21/h5-12,21,26,30H,2-4,13-19H2,1H3,(H,34,37)/b12-7+/t26?,30-,31-,32+/m0/s1. The number of nitrogens with one attached hydrogen (secondary N) is 1. The average Bonchev–Trinajstić information content (AvgIpc) is 3.68. The minimum absolute atomic E-state index is 0.111. The highest BCUT2D eigenvalue weighted by molar-refractivity contribution is 6.30. The number of Topliss-reactive ketones (excluding diaryl/α,β-unsaturated/α-hetero) is 1. The van der Waals surface area contributed by atoms with Gasteiger partial charge in [-0.25, -0.2) is 0 Å². The molecule has 2 aliphatic heterocycles. The Hall–Kier alpha value is -2.83. The van der Waals surface area contributed by atoms with Crippen molar-refractivity contribution >= 4 is 29.4 Å². The second-order valence-corrected chi connectivity index (χ2v) is 12.4. The van der Waals surface area contributed by atoms with Gasteiger partial charge in [-0.1, -0.05) is 36.7 Å². The second kappa shape index (κ2) is 9.38. The number of piperidine rings is 1. The Balaban J connectivity index is 1.33. The van der Waals surface area contributed by atoms with Crippen molar-refractivity contribution in [2.45, 2.75) is 75.0 Å². The van der Waals surface area contributed by atoms with E-state index in [9.17, 15) is 9.59 Å². The van der Waals surface area contributed by atoms with E-state index in [1.54, 1.807) is 6.08 Å². The molecule has 3 aliphatic carbocycles. The smallest absolute Gasteiger partial charge is 0.244 e. The summed E-state index contributed by atoms with van der Waals surface area (Å²) in [6.45, 7) is 4.64. The Morgan fingerprint density at radius 3 is 2.79 bits per heavy atom. The summed E-state index contributed by atoms with van der Waals surface area (Å²) in [7, 11) is 0. The van der Waals surface area contributed by atoms with E-state index in [1.807, 2.05) is 36.4 Å². The van der Waals surface area contributed by atoms with Gasteiger partial charge in [0.15, 0.2) is 23.4 Å². The molecule has 2 aromatic rings. The van der Waals surface area contributed by atoms with E-state index in [-0.39, 0.29) is 17.7 Å². The number of halogens is 1. The Morgan fingerprint density at radius 1 is 1.21 bits per heavy atom. The van der Waals surface area contributed by atoms with Gasteiger partial charge in [-0.2, -0.15) is 0 Å². The van der Waals surface area contributed by atoms with Gasteiger partial charge in [0.2, 0.25) is 5.91 Å². The third kappa shape index (κ3) is 3.86. The molecule has 1 unspecified atom stereocenters. The fraction of sp³-hybridized carbons (Fsp3) is 0.500. The molecule has 3 fully saturated rings. The number of nitrogens with zero attached hydrogens (tertiary/aromatic N) is 1. The molecule has 4 atom stereocenters. The summed E-state index contributed by atoms with van der Waals surface area (Å²) in [5.74, 6) is 2.18. The largest absolute Gasteiger partial charge is 0.490 e. The van der Waals surface area contributed by atoms with E-state index in [4.69, 9.17) is 21.1 Å². The summed E-state index contributed by atoms with van der Waals surface area (Å²) >= 11 is 6.04. The highest BCUT2D eigenvalue weighted by Crippen LogP contribution is 2.65. The van der Waals surface area contributed by atoms with Crippen molar-refractivity contribution < 1.29 is 19.1 Å². The van der Waals surface area contributed by atoms with E-state index in [1.165, 1.54) is 18.4 Å². The highest BCUT2D eigenvalue weighted by atomic mass is 35.5. The van der Waals surface area contributed by atoms with Crippen LogP contribution in [0.3, 0.4) is 0 Å². The first-order valence-corrected chi connectivity index (χ1v) is 14.8. The maximum Gasteiger partial charge on any atom is 0.244 e. The Labute approximate surface area is 234 Å². The zero-order valence-corrected chi connectivity index (χ0v) is 23.1. The van der Waals surface area contributed by atoms with Crippen molar-refractivity contribution in [1.29, 1.82) is 0 Å². The minimum atomic E-state index is -0.599. The van der Waals surface area contributed by atoms with Crippen LogP contribution in [0.2, 0.25) is 5.02 Å². The quantitative estimate of drug-likeness (QED) is 0.467. The number of hydrogen-bond donors (Lipinski definition) is 1. The molecule has 1 saturated heterocycles. The molecule has 0 aromatic heterocycles. The zero-order chi connectivity index (χ0) is 26.8. The van der Waals surface area contributed by atoms with E-state index in [0.29, 0.717) is 30.2 Å². The van der Waals surface area contributed by atoms with Crippen molar-refractivity contribution in [3.8, 4) is 11.5 Å². The summed E-state index contributed by atoms with van der Waals surface area (Å²) in [5.41, 5.74) is 2.07. The van der Waals surface area contributed by atoms with Crippen molar-refractivity contribution in [3.63, 3.8) is 0 Å². The monoisotopic (exact) mass is 546 g/mol. The van der Waals surface area contributed by atoms with Gasteiger partial charge in [-0.05, 0) is 86.4 Å². The third-order valence-corrected chi connectivity index (χ3v) is 9.95. The van der Waals surface area contributed by atoms with Crippen LogP contribution in [-0.2, 0) is 21.4 Å². The number of hydrogen-bond acceptors (Lipinski definition) is 5. The van der Waals surface area contributed by atoms with Gasteiger partial charge < -0.3 is 14.8 Å². The van der Waals surface area contributed by atoms with Gasteiger partial charge in [-0.3, -0.25) is 14.5 Å². The first-order valence-electron chi connectivity index (χ1n) is 14.4. The molecule has 7 rings (SSSR count). The predicted octanol–water partition coefficient (Wildman–Crippen LogP) is 5.10. The first-order chi connectivity index (χ1) is 18.9. The van der Waals surface area contributed by atoms with Gasteiger partial charge in [0.1, 0.15) is 0 Å². The van der Waals surface area contributed by atoms with Crippen LogP contribution in [0.5, 0.6) is 11.5 Å². The molecule has 2 bridgehead atoms. The molecule has 2 heterocycles. The van der Waals surface area contributed by atoms with Crippen LogP contribution in [0.25, 0.3) is 6.08 Å². The average molecular weight is 547 g/mol. The Morgan fingerprint density at radius 2 is 2.03 bits per heavy atom. The molecule has 1 amide bonds. The molecule has 5 aliphatic rings. The van der Waals surface area contributed by atoms with E-state index in [0.717, 1.165) is 55.1 Å². The van der Waals surface area contributed by atoms with Gasteiger partial charge in [-0.15, -0.1) is 0 Å². The first kappa shape index (κ1) is 25.2. The van der Waals surface area contributed by atoms with Crippen molar-refractivity contribution in [2.24, 2.45) is 5.92 Å². The maximum absolute atomic E-state index is 13.7. The molecule has 1 spiro atoms. The van der Waals surface area contributed by atoms with Crippen molar-refractivity contribution in [1.82, 2.24) is 10.2 Å². The third-order valence-electron chi connectivity index (χ3n) is 9.70. The molecule has 1 N–H and O–H groups in total. The lowest BCUT2D eigenvalue weighted by Crippen LogP contribution is -2.81. The van der Waals surface area contributed by atoms with Gasteiger partial charge >= 0.3 is 0 Å². The second-order valence-electron chi connectivity index (χ2n) is 12.0. The number of carbonyl (C=O) groups excluding carboxylic acids is 2. The van der Waals surface area contributed by atoms with Crippen LogP contribution in [0.15, 0.2) is 42.5 Å². The van der Waals surface area contributed by atoms with Crippen LogP contribution in [0.1, 0.15) is 62.1 Å². The SMILES string of the molecule is CCCOc1ccc2c3c1O[C@H]1C(=O)CC[C@@]4(NC(=O)/C=C/c5ccc(Cl)cc5)C(C2)N(CC2CC2)CC[C@]314. The Kier molecular flexibility index (Phi) is 6.05. The van der Waals surface area contributed by atoms with E-state index < -0.39 is 17.1 Å². The molecule has 0 radical (unpaired) electrons. The lowest BCUT2D eigenvalue weighted by Gasteiger charge is -2.65. The molecule has 39 heavy (non-hydrogen) atoms. The number of amides is 1. The fourth-order valence-electron chi connectivity index (χ4n) is 7.89. The van der Waals surface area contributed by atoms with Crippen LogP contribution in [-0.4, -0.2) is 54.0 Å². The van der Waals surface area contributed by atoms with Crippen LogP contribution >= 0.6 is 11.6 Å². The molecule has 2 saturated carbocycles. The summed E-state index contributed by atoms with van der Waals surface area (Å²) in [5, 5.41) is 4.22. The number of rotatable bonds is 8. The van der Waals surface area contributed by atoms with Gasteiger partial charge in [0, 0.05) is 35.7 Å². The molecular weight excluding hydrogens is 512 g/mol. The molecule has 204 valence electrons. The number of ether oxygens (including phenoxy) is 2. The number of benzene rings is 2. The summed E-state index contributed by atoms with van der Waals surface area (Å²) in [6, 6.07) is 11.7. The number of ketones is 1. The normalized spacial score (nSPS) is 30.7. The number of carbonyl (C=O) groups is 2. The lowest BCUT2D eigenvalue weighted by atomic mass is 9.47. The zero-order valence-electron chi connectivity index (χ0n) is 22.4. The lowest BCUT2D eigenvalue weighted by molar-refractivity contribution is -0.148. The molecule has 7 heteroatoms. The fourth-order valence-corrected chi connectivity index (χ4v) is 8.01. The van der Waals surface area contributed by atoms with Crippen LogP contribution in [0.4, 0.5) is 0 Å². The number of likely N-dealkylation sites (tertiary alicyclic amines) is 1. The summed E-state index contributed by atoms with van der Waals surface area (Å²) in [6.07, 6.45) is 8.93. The minimum Gasteiger partial charge on any atom is -0.490 e. The van der Waals surface area contributed by atoms with Gasteiger partial charge in [0.25, 0.3) is 0 Å². The maximum atomic E-state index is 13.7. The summed E-state index contributed by atoms with van der Waals surface area (Å²) < 4.78 is 12.7. The van der Waals surface area contributed by atoms with E-state index in [2.05, 4.69) is 23.2 Å². The van der Waals surface area contributed by atoms with Crippen molar-refractivity contribution in [3.05, 3.63) is 64.2 Å². The Bertz CT molecular complexity index is 1350. The predicted molar refractivity (Wildman–Crippen MR) is 150 cm³/mol. The van der Waals surface area contributed by atoms with Gasteiger partial charge in [0.05, 0.1) is 17.6 Å². The molecule has 2 aromatic carbocycles. The van der Waals surface area contributed by atoms with Crippen molar-refractivity contribution in [2.75, 3.05) is 19.7 Å². The highest BCUT2D eigenvalue weighted by Gasteiger charge is 2.74. The molecule has 6 nitrogen and oxygen atoms in total. The van der Waals surface area contributed by atoms with E-state index >= 15 is 0 Å². The van der Waals surface area contributed by atoms with Crippen LogP contribution < -0.4 is 14.8 Å². The van der Waals surface area contributed by atoms with Crippen LogP contribution in [0, 0.1) is 5.92 Å².